The zero-order valence-corrected chi connectivity index (χ0v) is 19.4. The molecule has 2 unspecified atom stereocenters. The Bertz CT molecular complexity index is 649. The molecule has 0 saturated heterocycles. The Morgan fingerprint density at radius 2 is 0.933 bits per heavy atom. The molecule has 4 heteroatoms. The van der Waals surface area contributed by atoms with Crippen LogP contribution < -0.4 is 0 Å². The molecular formula is C26H38O4. The van der Waals surface area contributed by atoms with Crippen LogP contribution in [0, 0.1) is 11.8 Å². The van der Waals surface area contributed by atoms with Gasteiger partial charge in [0, 0.05) is 0 Å². The molecule has 0 fully saturated rings. The summed E-state index contributed by atoms with van der Waals surface area (Å²) in [5.74, 6) is 0.807. The lowest BCUT2D eigenvalue weighted by Gasteiger charge is -2.26. The molecule has 0 aliphatic carbocycles. The Labute approximate surface area is 182 Å². The highest BCUT2D eigenvalue weighted by Crippen LogP contribution is 2.26. The van der Waals surface area contributed by atoms with Crippen molar-refractivity contribution < 1.29 is 19.6 Å². The van der Waals surface area contributed by atoms with Gasteiger partial charge in [0.15, 0.2) is 0 Å². The summed E-state index contributed by atoms with van der Waals surface area (Å²) >= 11 is 0. The van der Waals surface area contributed by atoms with E-state index in [0.29, 0.717) is 25.0 Å². The van der Waals surface area contributed by atoms with Crippen LogP contribution in [0.5, 0.6) is 0 Å². The van der Waals surface area contributed by atoms with Crippen LogP contribution in [0.25, 0.3) is 0 Å². The second kappa shape index (κ2) is 11.6. The van der Waals surface area contributed by atoms with E-state index in [9.17, 15) is 0 Å². The van der Waals surface area contributed by atoms with Crippen LogP contribution in [-0.4, -0.2) is 13.2 Å². The highest BCUT2D eigenvalue weighted by atomic mass is 17.2. The van der Waals surface area contributed by atoms with Crippen LogP contribution >= 0.6 is 0 Å². The van der Waals surface area contributed by atoms with Crippen LogP contribution in [-0.2, 0) is 30.8 Å². The number of hydrogen-bond acceptors (Lipinski definition) is 4. The molecule has 30 heavy (non-hydrogen) atoms. The second-order valence-electron chi connectivity index (χ2n) is 9.28. The van der Waals surface area contributed by atoms with Crippen LogP contribution in [0.2, 0.25) is 0 Å². The summed E-state index contributed by atoms with van der Waals surface area (Å²) in [6.45, 7) is 13.6. The molecule has 2 atom stereocenters. The van der Waals surface area contributed by atoms with E-state index in [1.807, 2.05) is 64.1 Å². The molecule has 0 bridgehead atoms. The smallest absolute Gasteiger partial charge is 0.123 e. The lowest BCUT2D eigenvalue weighted by Crippen LogP contribution is -2.24. The monoisotopic (exact) mass is 414 g/mol. The second-order valence-corrected chi connectivity index (χ2v) is 9.28. The molecular weight excluding hydrogens is 376 g/mol. The van der Waals surface area contributed by atoms with E-state index in [1.165, 1.54) is 0 Å². The minimum absolute atomic E-state index is 0.403. The zero-order valence-electron chi connectivity index (χ0n) is 19.4. The summed E-state index contributed by atoms with van der Waals surface area (Å²) < 4.78 is 0. The van der Waals surface area contributed by atoms with Gasteiger partial charge in [0.1, 0.15) is 11.2 Å². The summed E-state index contributed by atoms with van der Waals surface area (Å²) in [6.07, 6.45) is 2.09. The fourth-order valence-corrected chi connectivity index (χ4v) is 3.11. The molecule has 0 aliphatic rings. The summed E-state index contributed by atoms with van der Waals surface area (Å²) in [5.41, 5.74) is 1.26. The van der Waals surface area contributed by atoms with E-state index in [-0.39, 0.29) is 0 Å². The van der Waals surface area contributed by atoms with E-state index in [4.69, 9.17) is 19.6 Å². The highest BCUT2D eigenvalue weighted by Gasteiger charge is 2.24. The third-order valence-electron chi connectivity index (χ3n) is 5.33. The number of hydrogen-bond donors (Lipinski definition) is 0. The Hall–Kier alpha value is -1.72. The maximum Gasteiger partial charge on any atom is 0.123 e. The number of benzene rings is 2. The minimum atomic E-state index is -0.467. The average Bonchev–Trinajstić information content (AvgIpc) is 2.73. The van der Waals surface area contributed by atoms with Gasteiger partial charge < -0.3 is 0 Å². The van der Waals surface area contributed by atoms with Gasteiger partial charge in [-0.15, -0.1) is 0 Å². The first-order valence-electron chi connectivity index (χ1n) is 10.9. The van der Waals surface area contributed by atoms with Crippen molar-refractivity contribution in [3.63, 3.8) is 0 Å². The Morgan fingerprint density at radius 1 is 0.600 bits per heavy atom. The molecule has 0 heterocycles. The largest absolute Gasteiger partial charge is 0.236 e. The van der Waals surface area contributed by atoms with E-state index in [0.717, 1.165) is 24.0 Å². The zero-order chi connectivity index (χ0) is 22.0. The third-order valence-corrected chi connectivity index (χ3v) is 5.33. The van der Waals surface area contributed by atoms with Crippen molar-refractivity contribution in [2.75, 3.05) is 13.2 Å². The van der Waals surface area contributed by atoms with Gasteiger partial charge in [-0.05, 0) is 63.5 Å². The first kappa shape index (κ1) is 24.5. The van der Waals surface area contributed by atoms with Gasteiger partial charge in [-0.25, -0.2) is 19.6 Å². The van der Waals surface area contributed by atoms with E-state index in [1.54, 1.807) is 0 Å². The first-order valence-corrected chi connectivity index (χ1v) is 10.9. The van der Waals surface area contributed by atoms with Crippen LogP contribution in [0.4, 0.5) is 0 Å². The topological polar surface area (TPSA) is 36.9 Å². The van der Waals surface area contributed by atoms with Crippen LogP contribution in [0.3, 0.4) is 0 Å². The maximum absolute atomic E-state index is 5.69. The molecule has 0 saturated carbocycles. The summed E-state index contributed by atoms with van der Waals surface area (Å²) in [7, 11) is 0. The van der Waals surface area contributed by atoms with Crippen molar-refractivity contribution in [3.8, 4) is 0 Å². The van der Waals surface area contributed by atoms with E-state index in [2.05, 4.69) is 38.1 Å². The summed E-state index contributed by atoms with van der Waals surface area (Å²) in [5, 5.41) is 0. The van der Waals surface area contributed by atoms with Crippen molar-refractivity contribution in [1.82, 2.24) is 0 Å². The van der Waals surface area contributed by atoms with Gasteiger partial charge in [-0.1, -0.05) is 74.5 Å². The standard InChI is InChI=1S/C26H38O4/c1-21(19-27-29-25(3,4)23-13-9-7-10-14-23)17-18-22(2)20-28-30-26(5,6)24-15-11-8-12-16-24/h7-16,21-22H,17-20H2,1-6H3. The molecule has 0 aliphatic heterocycles. The SMILES string of the molecule is CC(CCC(C)COOC(C)(C)c1ccccc1)COOC(C)(C)c1ccccc1. The molecule has 0 spiro atoms. The minimum Gasteiger partial charge on any atom is -0.236 e. The molecule has 0 amide bonds. The molecule has 0 aromatic heterocycles. The van der Waals surface area contributed by atoms with Gasteiger partial charge in [0.25, 0.3) is 0 Å². The molecule has 0 N–H and O–H groups in total. The predicted octanol–water partition coefficient (Wildman–Crippen LogP) is 6.81. The maximum atomic E-state index is 5.69. The first-order chi connectivity index (χ1) is 14.2. The average molecular weight is 415 g/mol. The van der Waals surface area contributed by atoms with Crippen LogP contribution in [0.15, 0.2) is 60.7 Å². The lowest BCUT2D eigenvalue weighted by molar-refractivity contribution is -0.364. The van der Waals surface area contributed by atoms with E-state index >= 15 is 0 Å². The third kappa shape index (κ3) is 8.19. The van der Waals surface area contributed by atoms with Crippen molar-refractivity contribution >= 4 is 0 Å². The molecule has 2 aromatic rings. The fourth-order valence-electron chi connectivity index (χ4n) is 3.11. The van der Waals surface area contributed by atoms with Gasteiger partial charge in [-0.3, -0.25) is 0 Å². The quantitative estimate of drug-likeness (QED) is 0.267. The Balaban J connectivity index is 1.62. The van der Waals surface area contributed by atoms with Crippen molar-refractivity contribution in [2.24, 2.45) is 11.8 Å². The van der Waals surface area contributed by atoms with Crippen molar-refractivity contribution in [2.45, 2.75) is 65.6 Å². The molecule has 166 valence electrons. The Kier molecular flexibility index (Phi) is 9.50. The summed E-state index contributed by atoms with van der Waals surface area (Å²) in [4.78, 5) is 22.5. The van der Waals surface area contributed by atoms with Crippen molar-refractivity contribution in [3.05, 3.63) is 71.8 Å². The molecule has 4 nitrogen and oxygen atoms in total. The molecule has 2 aromatic carbocycles. The summed E-state index contributed by atoms with van der Waals surface area (Å²) in [6, 6.07) is 20.3. The number of rotatable bonds is 13. The van der Waals surface area contributed by atoms with Gasteiger partial charge in [0.2, 0.25) is 0 Å². The normalized spacial score (nSPS) is 14.5. The molecule has 0 radical (unpaired) electrons. The predicted molar refractivity (Wildman–Crippen MR) is 121 cm³/mol. The fraction of sp³-hybridized carbons (Fsp3) is 0.538. The van der Waals surface area contributed by atoms with Gasteiger partial charge in [0.05, 0.1) is 13.2 Å². The van der Waals surface area contributed by atoms with Crippen molar-refractivity contribution in [1.29, 1.82) is 0 Å². The van der Waals surface area contributed by atoms with Gasteiger partial charge >= 0.3 is 0 Å². The van der Waals surface area contributed by atoms with E-state index < -0.39 is 11.2 Å². The van der Waals surface area contributed by atoms with Gasteiger partial charge in [-0.2, -0.15) is 0 Å². The highest BCUT2D eigenvalue weighted by molar-refractivity contribution is 5.21. The molecule has 2 rings (SSSR count). The lowest BCUT2D eigenvalue weighted by atomic mass is 9.98. The van der Waals surface area contributed by atoms with Crippen LogP contribution in [0.1, 0.15) is 65.5 Å². The Morgan fingerprint density at radius 3 is 1.27 bits per heavy atom.